The molecule has 0 radical (unpaired) electrons. The summed E-state index contributed by atoms with van der Waals surface area (Å²) in [6, 6.07) is 4.08. The van der Waals surface area contributed by atoms with E-state index in [0.29, 0.717) is 31.7 Å². The van der Waals surface area contributed by atoms with Gasteiger partial charge in [-0.05, 0) is 67.3 Å². The van der Waals surface area contributed by atoms with Gasteiger partial charge in [0.2, 0.25) is 0 Å². The zero-order valence-corrected chi connectivity index (χ0v) is 16.0. The quantitative estimate of drug-likeness (QED) is 0.567. The van der Waals surface area contributed by atoms with Gasteiger partial charge in [-0.2, -0.15) is 0 Å². The minimum Gasteiger partial charge on any atom is -0.493 e. The van der Waals surface area contributed by atoms with E-state index in [9.17, 15) is 14.5 Å². The number of carbonyl (C=O) groups is 2. The smallest absolute Gasteiger partial charge is 0.342 e. The number of nitrogens with zero attached hydrogens (tertiary/aromatic N) is 2. The topological polar surface area (TPSA) is 106 Å². The molecule has 1 unspecified atom stereocenters. The Kier molecular flexibility index (Phi) is 6.49. The number of carboxylic acids is 1. The van der Waals surface area contributed by atoms with Gasteiger partial charge in [-0.25, -0.2) is 4.79 Å². The maximum absolute atomic E-state index is 12.2. The van der Waals surface area contributed by atoms with Gasteiger partial charge in [-0.15, -0.1) is 4.91 Å². The van der Waals surface area contributed by atoms with E-state index in [2.05, 4.69) is 5.18 Å². The third-order valence-electron chi connectivity index (χ3n) is 5.63. The molecule has 8 heteroatoms. The van der Waals surface area contributed by atoms with Gasteiger partial charge in [0.05, 0.1) is 13.2 Å². The molecule has 0 spiro atoms. The second-order valence-electron chi connectivity index (χ2n) is 7.38. The van der Waals surface area contributed by atoms with Crippen LogP contribution in [0.1, 0.15) is 50.0 Å². The predicted molar refractivity (Wildman–Crippen MR) is 102 cm³/mol. The molecule has 0 aromatic heterocycles. The number of piperidine rings is 1. The summed E-state index contributed by atoms with van der Waals surface area (Å²) in [5.74, 6) is -0.550. The van der Waals surface area contributed by atoms with Crippen molar-refractivity contribution in [3.8, 4) is 11.5 Å². The van der Waals surface area contributed by atoms with Crippen LogP contribution >= 0.6 is 0 Å². The molecule has 1 saturated heterocycles. The Morgan fingerprint density at radius 1 is 1.14 bits per heavy atom. The molecular formula is C20H26N2O6. The van der Waals surface area contributed by atoms with E-state index in [4.69, 9.17) is 14.6 Å². The van der Waals surface area contributed by atoms with Gasteiger partial charge in [-0.1, -0.05) is 6.07 Å². The van der Waals surface area contributed by atoms with Crippen LogP contribution < -0.4 is 9.47 Å². The average molecular weight is 390 g/mol. The van der Waals surface area contributed by atoms with Crippen molar-refractivity contribution in [2.24, 2.45) is 5.18 Å². The van der Waals surface area contributed by atoms with Gasteiger partial charge >= 0.3 is 5.97 Å². The van der Waals surface area contributed by atoms with Crippen molar-refractivity contribution in [1.29, 1.82) is 0 Å². The van der Waals surface area contributed by atoms with E-state index in [-0.39, 0.29) is 12.0 Å². The summed E-state index contributed by atoms with van der Waals surface area (Å²) in [6.45, 7) is 0.793. The highest BCUT2D eigenvalue weighted by Gasteiger charge is 2.34. The van der Waals surface area contributed by atoms with Crippen molar-refractivity contribution in [2.75, 3.05) is 20.2 Å². The maximum atomic E-state index is 12.2. The summed E-state index contributed by atoms with van der Waals surface area (Å²) in [5.41, 5.74) is 1.11. The van der Waals surface area contributed by atoms with Crippen LogP contribution in [0.25, 0.3) is 0 Å². The van der Waals surface area contributed by atoms with E-state index < -0.39 is 17.9 Å². The summed E-state index contributed by atoms with van der Waals surface area (Å²) in [4.78, 5) is 35.2. The van der Waals surface area contributed by atoms with Crippen molar-refractivity contribution in [3.05, 3.63) is 28.7 Å². The van der Waals surface area contributed by atoms with Gasteiger partial charge in [0.25, 0.3) is 11.9 Å². The number of hydrogen-bond acceptors (Lipinski definition) is 6. The molecule has 2 aliphatic rings. The molecular weight excluding hydrogens is 364 g/mol. The fourth-order valence-corrected chi connectivity index (χ4v) is 4.03. The third-order valence-corrected chi connectivity index (χ3v) is 5.63. The normalized spacial score (nSPS) is 19.2. The lowest BCUT2D eigenvalue weighted by atomic mass is 9.89. The van der Waals surface area contributed by atoms with Gasteiger partial charge in [0, 0.05) is 13.1 Å². The molecule has 8 nitrogen and oxygen atoms in total. The van der Waals surface area contributed by atoms with Crippen LogP contribution in [0.3, 0.4) is 0 Å². The Balaban J connectivity index is 1.65. The number of amides is 1. The van der Waals surface area contributed by atoms with Crippen molar-refractivity contribution in [1.82, 2.24) is 4.90 Å². The summed E-state index contributed by atoms with van der Waals surface area (Å²) in [5, 5.41) is 11.4. The molecule has 28 heavy (non-hydrogen) atoms. The SMILES string of the molecule is COc1ccc(C2CCN(C(=O)C(N=O)C(=O)O)CC2)cc1OC1CCCC1. The Bertz CT molecular complexity index is 723. The van der Waals surface area contributed by atoms with E-state index in [1.165, 1.54) is 17.7 Å². The van der Waals surface area contributed by atoms with Crippen molar-refractivity contribution < 1.29 is 24.2 Å². The van der Waals surface area contributed by atoms with E-state index in [1.807, 2.05) is 18.2 Å². The molecule has 3 rings (SSSR count). The van der Waals surface area contributed by atoms with Gasteiger partial charge in [-0.3, -0.25) is 4.79 Å². The number of nitroso groups, excluding NO2 is 1. The van der Waals surface area contributed by atoms with Crippen molar-refractivity contribution >= 4 is 11.9 Å². The molecule has 1 amide bonds. The number of hydrogen-bond donors (Lipinski definition) is 1. The number of methoxy groups -OCH3 is 1. The zero-order chi connectivity index (χ0) is 20.1. The lowest BCUT2D eigenvalue weighted by molar-refractivity contribution is -0.146. The van der Waals surface area contributed by atoms with Crippen LogP contribution in [-0.4, -0.2) is 54.2 Å². The second kappa shape index (κ2) is 9.03. The van der Waals surface area contributed by atoms with Gasteiger partial charge in [0.1, 0.15) is 0 Å². The molecule has 1 saturated carbocycles. The van der Waals surface area contributed by atoms with Crippen LogP contribution in [0.2, 0.25) is 0 Å². The van der Waals surface area contributed by atoms with Gasteiger partial charge < -0.3 is 19.5 Å². The molecule has 2 fully saturated rings. The number of likely N-dealkylation sites (tertiary alicyclic amines) is 1. The highest BCUT2D eigenvalue weighted by atomic mass is 16.5. The summed E-state index contributed by atoms with van der Waals surface area (Å²) in [6.07, 6.45) is 6.09. The molecule has 1 aliphatic heterocycles. The first-order chi connectivity index (χ1) is 13.5. The van der Waals surface area contributed by atoms with E-state index in [0.717, 1.165) is 24.2 Å². The largest absolute Gasteiger partial charge is 0.493 e. The summed E-state index contributed by atoms with van der Waals surface area (Å²) >= 11 is 0. The molecule has 1 heterocycles. The van der Waals surface area contributed by atoms with Crippen LogP contribution in [0.15, 0.2) is 23.4 Å². The highest BCUT2D eigenvalue weighted by molar-refractivity contribution is 6.01. The van der Waals surface area contributed by atoms with Crippen LogP contribution in [0.5, 0.6) is 11.5 Å². The van der Waals surface area contributed by atoms with Crippen molar-refractivity contribution in [3.63, 3.8) is 0 Å². The number of benzene rings is 1. The average Bonchev–Trinajstić information content (AvgIpc) is 3.21. The minimum absolute atomic E-state index is 0.229. The number of ether oxygens (including phenoxy) is 2. The highest BCUT2D eigenvalue weighted by Crippen LogP contribution is 2.37. The van der Waals surface area contributed by atoms with Crippen LogP contribution in [0, 0.1) is 4.91 Å². The lowest BCUT2D eigenvalue weighted by Gasteiger charge is -2.33. The number of carboxylic acid groups (broad SMARTS) is 1. The minimum atomic E-state index is -1.86. The molecule has 1 atom stereocenters. The molecule has 1 aliphatic carbocycles. The third kappa shape index (κ3) is 4.43. The van der Waals surface area contributed by atoms with Crippen LogP contribution in [-0.2, 0) is 9.59 Å². The molecule has 1 aromatic carbocycles. The standard InChI is InChI=1S/C20H26N2O6/c1-27-16-7-6-14(12-17(16)28-15-4-2-3-5-15)13-8-10-22(11-9-13)19(23)18(21-26)20(24)25/h6-7,12-13,15,18H,2-5,8-11H2,1H3,(H,24,25). The first-order valence-corrected chi connectivity index (χ1v) is 9.72. The lowest BCUT2D eigenvalue weighted by Crippen LogP contribution is -2.45. The Morgan fingerprint density at radius 2 is 1.82 bits per heavy atom. The Labute approximate surface area is 163 Å². The molecule has 152 valence electrons. The van der Waals surface area contributed by atoms with Crippen molar-refractivity contribution in [2.45, 2.75) is 56.6 Å². The van der Waals surface area contributed by atoms with E-state index >= 15 is 0 Å². The first kappa shape index (κ1) is 20.1. The van der Waals surface area contributed by atoms with Crippen LogP contribution in [0.4, 0.5) is 0 Å². The molecule has 1 N–H and O–H groups in total. The van der Waals surface area contributed by atoms with E-state index in [1.54, 1.807) is 7.11 Å². The summed E-state index contributed by atoms with van der Waals surface area (Å²) in [7, 11) is 1.63. The summed E-state index contributed by atoms with van der Waals surface area (Å²) < 4.78 is 11.6. The Hall–Kier alpha value is -2.64. The second-order valence-corrected chi connectivity index (χ2v) is 7.38. The Morgan fingerprint density at radius 3 is 2.39 bits per heavy atom. The monoisotopic (exact) mass is 390 g/mol. The number of carbonyl (C=O) groups excluding carboxylic acids is 1. The number of aliphatic carboxylic acids is 1. The predicted octanol–water partition coefficient (Wildman–Crippen LogP) is 2.94. The van der Waals surface area contributed by atoms with Gasteiger partial charge in [0.15, 0.2) is 11.5 Å². The number of rotatable bonds is 7. The fraction of sp³-hybridized carbons (Fsp3) is 0.600. The maximum Gasteiger partial charge on any atom is 0.342 e. The molecule has 0 bridgehead atoms. The zero-order valence-electron chi connectivity index (χ0n) is 16.0. The molecule has 1 aromatic rings. The first-order valence-electron chi connectivity index (χ1n) is 9.72. The fourth-order valence-electron chi connectivity index (χ4n) is 4.03.